The van der Waals surface area contributed by atoms with Crippen LogP contribution < -0.4 is 0 Å². The zero-order valence-corrected chi connectivity index (χ0v) is 40.7. The molecule has 0 heterocycles. The molecule has 0 radical (unpaired) electrons. The monoisotopic (exact) mass is 837 g/mol. The van der Waals surface area contributed by atoms with Crippen LogP contribution in [0.4, 0.5) is 0 Å². The van der Waals surface area contributed by atoms with Crippen molar-refractivity contribution >= 4 is 0 Å². The van der Waals surface area contributed by atoms with Crippen LogP contribution in [0.3, 0.4) is 0 Å². The van der Waals surface area contributed by atoms with Gasteiger partial charge in [0.25, 0.3) is 0 Å². The Hall–Kier alpha value is -4.00. The van der Waals surface area contributed by atoms with Crippen LogP contribution in [0.1, 0.15) is 216 Å². The van der Waals surface area contributed by atoms with E-state index in [1.807, 2.05) is 18.2 Å². The van der Waals surface area contributed by atoms with E-state index in [-0.39, 0.29) is 0 Å². The van der Waals surface area contributed by atoms with E-state index in [4.69, 9.17) is 0 Å². The smallest absolute Gasteiger partial charge is 0.00989 e. The second-order valence-corrected chi connectivity index (χ2v) is 17.3. The average Bonchev–Trinajstić information content (AvgIpc) is 3.31. The molecule has 3 aromatic rings. The molecule has 3 rings (SSSR count). The maximum atomic E-state index is 3.77. The first-order chi connectivity index (χ1) is 30.6. The predicted molar refractivity (Wildman–Crippen MR) is 281 cm³/mol. The third-order valence-electron chi connectivity index (χ3n) is 11.5. The summed E-state index contributed by atoms with van der Waals surface area (Å²) in [6.45, 7) is 18.0. The van der Waals surface area contributed by atoms with Gasteiger partial charge in [0.15, 0.2) is 0 Å². The number of benzene rings is 3. The zero-order chi connectivity index (χ0) is 44.8. The van der Waals surface area contributed by atoms with Crippen LogP contribution in [0.15, 0.2) is 111 Å². The second kappa shape index (κ2) is 43.6. The van der Waals surface area contributed by atoms with Crippen LogP contribution in [-0.4, -0.2) is 0 Å². The molecule has 340 valence electrons. The van der Waals surface area contributed by atoms with Gasteiger partial charge in [-0.1, -0.05) is 207 Å². The van der Waals surface area contributed by atoms with Gasteiger partial charge in [0, 0.05) is 12.8 Å². The topological polar surface area (TPSA) is 0 Å². The molecule has 0 N–H and O–H groups in total. The number of hydrogen-bond donors (Lipinski definition) is 0. The molecule has 0 atom stereocenters. The molecule has 0 amide bonds. The zero-order valence-electron chi connectivity index (χ0n) is 40.7. The minimum absolute atomic E-state index is 1.00. The number of hydrogen-bond acceptors (Lipinski definition) is 0. The quantitative estimate of drug-likeness (QED) is 0.0326. The number of rotatable bonds is 33. The molecule has 0 aliphatic heterocycles. The summed E-state index contributed by atoms with van der Waals surface area (Å²) in [5.41, 5.74) is 8.50. The third-order valence-corrected chi connectivity index (χ3v) is 11.5. The fourth-order valence-electron chi connectivity index (χ4n) is 7.39. The lowest BCUT2D eigenvalue weighted by atomic mass is 9.99. The summed E-state index contributed by atoms with van der Waals surface area (Å²) in [5.74, 6) is 12.3. The summed E-state index contributed by atoms with van der Waals surface area (Å²) < 4.78 is 0. The van der Waals surface area contributed by atoms with E-state index in [2.05, 4.69) is 137 Å². The Morgan fingerprint density at radius 2 is 0.597 bits per heavy atom. The predicted octanol–water partition coefficient (Wildman–Crippen LogP) is 19.4. The molecule has 0 saturated carbocycles. The molecule has 0 unspecified atom stereocenters. The molecule has 3 aromatic carbocycles. The van der Waals surface area contributed by atoms with Gasteiger partial charge < -0.3 is 0 Å². The van der Waals surface area contributed by atoms with Crippen molar-refractivity contribution < 1.29 is 0 Å². The number of allylic oxidation sites excluding steroid dienone is 3. The van der Waals surface area contributed by atoms with Gasteiger partial charge in [-0.25, -0.2) is 0 Å². The van der Waals surface area contributed by atoms with E-state index in [1.165, 1.54) is 200 Å². The summed E-state index contributed by atoms with van der Waals surface area (Å²) >= 11 is 0. The lowest BCUT2D eigenvalue weighted by molar-refractivity contribution is 0.579. The highest BCUT2D eigenvalue weighted by atomic mass is 14.1. The highest BCUT2D eigenvalue weighted by Gasteiger charge is 2.01. The summed E-state index contributed by atoms with van der Waals surface area (Å²) in [6, 6.07) is 27.3. The maximum absolute atomic E-state index is 3.77. The van der Waals surface area contributed by atoms with Crippen molar-refractivity contribution in [2.75, 3.05) is 0 Å². The van der Waals surface area contributed by atoms with Gasteiger partial charge >= 0.3 is 0 Å². The highest BCUT2D eigenvalue weighted by molar-refractivity contribution is 5.64. The molecule has 62 heavy (non-hydrogen) atoms. The van der Waals surface area contributed by atoms with Gasteiger partial charge in [-0.2, -0.15) is 0 Å². The van der Waals surface area contributed by atoms with E-state index >= 15 is 0 Å². The van der Waals surface area contributed by atoms with E-state index in [0.717, 1.165) is 32.1 Å². The summed E-state index contributed by atoms with van der Waals surface area (Å²) in [4.78, 5) is 0. The van der Waals surface area contributed by atoms with E-state index in [0.29, 0.717) is 0 Å². The van der Waals surface area contributed by atoms with Gasteiger partial charge in [0.2, 0.25) is 0 Å². The minimum atomic E-state index is 1.00. The summed E-state index contributed by atoms with van der Waals surface area (Å²) in [5, 5.41) is 0. The SMILES string of the molecule is C=CCCCCCCC#CC#CCCCCCCCCCC.C=CCCCCc1ccc(-c2ccc(CCCC)cc2)cc1.C=CCCCCc1ccc(CCCCCC)cc1. The molecule has 0 fully saturated rings. The Labute approximate surface area is 386 Å². The van der Waals surface area contributed by atoms with Crippen LogP contribution in [0.2, 0.25) is 0 Å². The highest BCUT2D eigenvalue weighted by Crippen LogP contribution is 2.22. The molecular weight excluding hydrogens is 745 g/mol. The summed E-state index contributed by atoms with van der Waals surface area (Å²) in [6.07, 6.45) is 45.3. The van der Waals surface area contributed by atoms with Crippen molar-refractivity contribution in [1.82, 2.24) is 0 Å². The lowest BCUT2D eigenvalue weighted by Gasteiger charge is -2.06. The van der Waals surface area contributed by atoms with Crippen molar-refractivity contribution in [2.24, 2.45) is 0 Å². The van der Waals surface area contributed by atoms with E-state index < -0.39 is 0 Å². The number of aryl methyl sites for hydroxylation is 4. The minimum Gasteiger partial charge on any atom is -0.103 e. The van der Waals surface area contributed by atoms with Crippen LogP contribution in [-0.2, 0) is 25.7 Å². The standard InChI is InChI=1S/C22H28.C22H36.C18H28/c1-3-5-7-8-10-20-13-17-22(18-14-20)21-15-11-19(12-16-21)9-6-4-2;1-3-5-7-9-11-13-15-17-19-21-22-20-18-16-14-12-10-8-6-4-2;1-3-5-7-9-11-17-13-15-18(16-14-17)12-10-8-6-4-2/h3,11-18H,1,4-10H2,2H3;3H,1,4-16,18,20H2,2H3;3,13-16H,1,4-12H2,2H3. The fourth-order valence-corrected chi connectivity index (χ4v) is 7.39. The first-order valence-corrected chi connectivity index (χ1v) is 25.7. The Bertz CT molecular complexity index is 1580. The third kappa shape index (κ3) is 33.6. The Morgan fingerprint density at radius 3 is 0.968 bits per heavy atom. The van der Waals surface area contributed by atoms with Gasteiger partial charge in [-0.05, 0) is 148 Å². The Balaban J connectivity index is 0.000000468. The van der Waals surface area contributed by atoms with Gasteiger partial charge in [-0.15, -0.1) is 19.7 Å². The van der Waals surface area contributed by atoms with Crippen molar-refractivity contribution in [3.63, 3.8) is 0 Å². The summed E-state index contributed by atoms with van der Waals surface area (Å²) in [7, 11) is 0. The average molecular weight is 837 g/mol. The molecule has 0 nitrogen and oxygen atoms in total. The van der Waals surface area contributed by atoms with Gasteiger partial charge in [0.05, 0.1) is 0 Å². The molecule has 0 spiro atoms. The van der Waals surface area contributed by atoms with E-state index in [9.17, 15) is 0 Å². The maximum Gasteiger partial charge on any atom is 0.00989 e. The fraction of sp³-hybridized carbons (Fsp3) is 0.548. The molecule has 0 saturated heterocycles. The molecular formula is C62H92. The van der Waals surface area contributed by atoms with Crippen molar-refractivity contribution in [3.8, 4) is 34.8 Å². The van der Waals surface area contributed by atoms with Crippen LogP contribution in [0, 0.1) is 23.7 Å². The first-order valence-electron chi connectivity index (χ1n) is 25.7. The Kier molecular flexibility index (Phi) is 39.4. The second-order valence-electron chi connectivity index (χ2n) is 17.3. The Morgan fingerprint density at radius 1 is 0.323 bits per heavy atom. The van der Waals surface area contributed by atoms with Gasteiger partial charge in [0.1, 0.15) is 0 Å². The van der Waals surface area contributed by atoms with Crippen LogP contribution in [0.5, 0.6) is 0 Å². The largest absolute Gasteiger partial charge is 0.103 e. The number of unbranched alkanes of at least 4 members (excludes halogenated alkanes) is 21. The van der Waals surface area contributed by atoms with Crippen LogP contribution >= 0.6 is 0 Å². The van der Waals surface area contributed by atoms with Crippen molar-refractivity contribution in [3.05, 3.63) is 133 Å². The van der Waals surface area contributed by atoms with Crippen molar-refractivity contribution in [2.45, 2.75) is 220 Å². The molecule has 0 aliphatic rings. The molecule has 0 bridgehead atoms. The first kappa shape index (κ1) is 56.0. The normalized spacial score (nSPS) is 10.2. The lowest BCUT2D eigenvalue weighted by Crippen LogP contribution is -1.89. The molecule has 0 aliphatic carbocycles. The van der Waals surface area contributed by atoms with E-state index in [1.54, 1.807) is 0 Å². The molecule has 0 heteroatoms. The van der Waals surface area contributed by atoms with Gasteiger partial charge in [-0.3, -0.25) is 0 Å². The van der Waals surface area contributed by atoms with Crippen LogP contribution in [0.25, 0.3) is 11.1 Å². The van der Waals surface area contributed by atoms with Crippen molar-refractivity contribution in [1.29, 1.82) is 0 Å². The molecule has 0 aromatic heterocycles.